The van der Waals surface area contributed by atoms with Crippen LogP contribution in [0.5, 0.6) is 0 Å². The molecule has 0 bridgehead atoms. The largest absolute Gasteiger partial charge is 0.369 e. The maximum absolute atomic E-state index is 4.50. The van der Waals surface area contributed by atoms with E-state index >= 15 is 0 Å². The van der Waals surface area contributed by atoms with Crippen molar-refractivity contribution in [3.63, 3.8) is 0 Å². The number of hydrogen-bond acceptors (Lipinski definition) is 6. The normalized spacial score (nSPS) is 15.4. The molecule has 1 aliphatic heterocycles. The monoisotopic (exact) mass is 365 g/mol. The summed E-state index contributed by atoms with van der Waals surface area (Å²) in [6, 6.07) is 10.7. The topological polar surface area (TPSA) is 62.1 Å². The molecule has 7 nitrogen and oxygen atoms in total. The van der Waals surface area contributed by atoms with Crippen molar-refractivity contribution in [1.29, 1.82) is 0 Å². The van der Waals surface area contributed by atoms with E-state index < -0.39 is 0 Å². The number of aromatic nitrogens is 4. The number of anilines is 2. The highest BCUT2D eigenvalue weighted by Crippen LogP contribution is 2.18. The predicted molar refractivity (Wildman–Crippen MR) is 109 cm³/mol. The van der Waals surface area contributed by atoms with Gasteiger partial charge in [-0.15, -0.1) is 0 Å². The van der Waals surface area contributed by atoms with E-state index in [2.05, 4.69) is 71.9 Å². The number of hydrogen-bond donors (Lipinski definition) is 1. The Morgan fingerprint density at radius 1 is 0.963 bits per heavy atom. The van der Waals surface area contributed by atoms with Gasteiger partial charge >= 0.3 is 0 Å². The molecule has 0 unspecified atom stereocenters. The summed E-state index contributed by atoms with van der Waals surface area (Å²) in [5.74, 6) is 0.818. The van der Waals surface area contributed by atoms with Crippen LogP contribution in [0.3, 0.4) is 0 Å². The van der Waals surface area contributed by atoms with Gasteiger partial charge in [0.1, 0.15) is 11.8 Å². The van der Waals surface area contributed by atoms with Crippen LogP contribution in [0.15, 0.2) is 43.0 Å². The van der Waals surface area contributed by atoms with E-state index in [1.165, 1.54) is 5.69 Å². The van der Waals surface area contributed by atoms with Gasteiger partial charge in [-0.05, 0) is 32.0 Å². The van der Waals surface area contributed by atoms with E-state index in [0.717, 1.165) is 69.2 Å². The summed E-state index contributed by atoms with van der Waals surface area (Å²) in [4.78, 5) is 18.2. The van der Waals surface area contributed by atoms with E-state index in [1.54, 1.807) is 6.33 Å². The Balaban J connectivity index is 1.28. The molecule has 0 saturated carbocycles. The van der Waals surface area contributed by atoms with Crippen molar-refractivity contribution >= 4 is 22.7 Å². The minimum atomic E-state index is 0.818. The van der Waals surface area contributed by atoms with Crippen molar-refractivity contribution in [3.05, 3.63) is 43.0 Å². The molecule has 0 aliphatic carbocycles. The van der Waals surface area contributed by atoms with Crippen LogP contribution in [0.2, 0.25) is 0 Å². The molecule has 2 aromatic heterocycles. The lowest BCUT2D eigenvalue weighted by molar-refractivity contribution is 0.251. The standard InChI is InChI=1S/C20H27N7/c1-2-21-19-18-20(23-15-22-19)27(16-24-18)10-6-9-25-11-13-26(14-12-25)17-7-4-3-5-8-17/h3-5,7-8,15-16H,2,6,9-14H2,1H3,(H,21,22,23). The van der Waals surface area contributed by atoms with E-state index in [9.17, 15) is 0 Å². The SMILES string of the molecule is CCNc1ncnc2c1ncn2CCCN1CCN(c2ccccc2)CC1. The molecule has 7 heteroatoms. The maximum Gasteiger partial charge on any atom is 0.165 e. The van der Waals surface area contributed by atoms with Crippen molar-refractivity contribution in [1.82, 2.24) is 24.4 Å². The molecule has 1 aliphatic rings. The van der Waals surface area contributed by atoms with Crippen molar-refractivity contribution in [3.8, 4) is 0 Å². The van der Waals surface area contributed by atoms with E-state index in [0.29, 0.717) is 0 Å². The summed E-state index contributed by atoms with van der Waals surface area (Å²) in [6.45, 7) is 9.34. The lowest BCUT2D eigenvalue weighted by Crippen LogP contribution is -2.46. The van der Waals surface area contributed by atoms with Gasteiger partial charge in [0.05, 0.1) is 6.33 Å². The second-order valence-electron chi connectivity index (χ2n) is 6.88. The highest BCUT2D eigenvalue weighted by molar-refractivity contribution is 5.82. The summed E-state index contributed by atoms with van der Waals surface area (Å²) >= 11 is 0. The van der Waals surface area contributed by atoms with E-state index in [-0.39, 0.29) is 0 Å². The molecule has 3 heterocycles. The third kappa shape index (κ3) is 4.03. The lowest BCUT2D eigenvalue weighted by atomic mass is 10.2. The number of fused-ring (bicyclic) bond motifs is 1. The van der Waals surface area contributed by atoms with Gasteiger partial charge in [0, 0.05) is 45.0 Å². The Morgan fingerprint density at radius 2 is 1.78 bits per heavy atom. The highest BCUT2D eigenvalue weighted by Gasteiger charge is 2.17. The zero-order chi connectivity index (χ0) is 18.5. The summed E-state index contributed by atoms with van der Waals surface area (Å²) in [7, 11) is 0. The predicted octanol–water partition coefficient (Wildman–Crippen LogP) is 2.47. The van der Waals surface area contributed by atoms with Gasteiger partial charge in [0.25, 0.3) is 0 Å². The molecule has 4 rings (SSSR count). The molecule has 1 N–H and O–H groups in total. The van der Waals surface area contributed by atoms with Crippen LogP contribution in [0, 0.1) is 0 Å². The number of nitrogens with zero attached hydrogens (tertiary/aromatic N) is 6. The molecule has 1 fully saturated rings. The zero-order valence-electron chi connectivity index (χ0n) is 15.9. The van der Waals surface area contributed by atoms with Crippen LogP contribution in [-0.4, -0.2) is 63.7 Å². The quantitative estimate of drug-likeness (QED) is 0.694. The Labute approximate surface area is 160 Å². The molecular weight excluding hydrogens is 338 g/mol. The average molecular weight is 365 g/mol. The van der Waals surface area contributed by atoms with Crippen LogP contribution in [0.4, 0.5) is 11.5 Å². The average Bonchev–Trinajstić information content (AvgIpc) is 3.14. The fourth-order valence-corrected chi connectivity index (χ4v) is 3.67. The molecule has 0 atom stereocenters. The number of rotatable bonds is 7. The Kier molecular flexibility index (Phi) is 5.48. The lowest BCUT2D eigenvalue weighted by Gasteiger charge is -2.36. The second kappa shape index (κ2) is 8.35. The first kappa shape index (κ1) is 17.7. The van der Waals surface area contributed by atoms with Crippen molar-refractivity contribution in [2.45, 2.75) is 19.9 Å². The van der Waals surface area contributed by atoms with Gasteiger partial charge in [-0.2, -0.15) is 0 Å². The van der Waals surface area contributed by atoms with Gasteiger partial charge in [-0.1, -0.05) is 18.2 Å². The number of piperazine rings is 1. The molecule has 1 saturated heterocycles. The second-order valence-corrected chi connectivity index (χ2v) is 6.88. The molecule has 1 aromatic carbocycles. The van der Waals surface area contributed by atoms with Crippen LogP contribution in [0.25, 0.3) is 11.2 Å². The minimum Gasteiger partial charge on any atom is -0.369 e. The summed E-state index contributed by atoms with van der Waals surface area (Å²) < 4.78 is 2.14. The molecule has 0 radical (unpaired) electrons. The van der Waals surface area contributed by atoms with Crippen LogP contribution in [0.1, 0.15) is 13.3 Å². The number of imidazole rings is 1. The molecule has 0 amide bonds. The first-order chi connectivity index (χ1) is 13.3. The van der Waals surface area contributed by atoms with Gasteiger partial charge in [-0.25, -0.2) is 15.0 Å². The summed E-state index contributed by atoms with van der Waals surface area (Å²) in [6.07, 6.45) is 4.59. The van der Waals surface area contributed by atoms with Crippen LogP contribution in [-0.2, 0) is 6.54 Å². The van der Waals surface area contributed by atoms with Crippen LogP contribution >= 0.6 is 0 Å². The molecule has 27 heavy (non-hydrogen) atoms. The molecule has 0 spiro atoms. The third-order valence-electron chi connectivity index (χ3n) is 5.11. The fraction of sp³-hybridized carbons (Fsp3) is 0.450. The number of nitrogens with one attached hydrogen (secondary N) is 1. The van der Waals surface area contributed by atoms with Crippen molar-refractivity contribution in [2.24, 2.45) is 0 Å². The minimum absolute atomic E-state index is 0.818. The molecular formula is C20H27N7. The Bertz CT molecular complexity index is 853. The number of aryl methyl sites for hydroxylation is 1. The first-order valence-corrected chi connectivity index (χ1v) is 9.77. The van der Waals surface area contributed by atoms with Crippen LogP contribution < -0.4 is 10.2 Å². The Morgan fingerprint density at radius 3 is 2.56 bits per heavy atom. The van der Waals surface area contributed by atoms with Gasteiger partial charge in [0.2, 0.25) is 0 Å². The molecule has 142 valence electrons. The third-order valence-corrected chi connectivity index (χ3v) is 5.11. The van der Waals surface area contributed by atoms with Crippen molar-refractivity contribution in [2.75, 3.05) is 49.5 Å². The number of para-hydroxylation sites is 1. The van der Waals surface area contributed by atoms with Crippen molar-refractivity contribution < 1.29 is 0 Å². The van der Waals surface area contributed by atoms with E-state index in [1.807, 2.05) is 6.33 Å². The van der Waals surface area contributed by atoms with Gasteiger partial charge in [-0.3, -0.25) is 4.90 Å². The van der Waals surface area contributed by atoms with Gasteiger partial charge < -0.3 is 14.8 Å². The fourth-order valence-electron chi connectivity index (χ4n) is 3.67. The first-order valence-electron chi connectivity index (χ1n) is 9.77. The van der Waals surface area contributed by atoms with E-state index in [4.69, 9.17) is 0 Å². The smallest absolute Gasteiger partial charge is 0.165 e. The summed E-state index contributed by atoms with van der Waals surface area (Å²) in [5.41, 5.74) is 3.10. The zero-order valence-corrected chi connectivity index (χ0v) is 15.9. The number of benzene rings is 1. The maximum atomic E-state index is 4.50. The highest BCUT2D eigenvalue weighted by atomic mass is 15.3. The van der Waals surface area contributed by atoms with Gasteiger partial charge in [0.15, 0.2) is 11.5 Å². The Hall–Kier alpha value is -2.67. The molecule has 3 aromatic rings. The summed E-state index contributed by atoms with van der Waals surface area (Å²) in [5, 5.41) is 3.25.